The number of rotatable bonds is 5. The Hall–Kier alpha value is -2.40. The molecule has 1 fully saturated rings. The first-order valence-corrected chi connectivity index (χ1v) is 8.57. The van der Waals surface area contributed by atoms with Crippen LogP contribution in [0.4, 0.5) is 5.69 Å². The number of hydrogen-bond acceptors (Lipinski definition) is 2. The summed E-state index contributed by atoms with van der Waals surface area (Å²) in [6.45, 7) is 2.25. The molecule has 0 spiro atoms. The van der Waals surface area contributed by atoms with Crippen molar-refractivity contribution in [2.24, 2.45) is 0 Å². The summed E-state index contributed by atoms with van der Waals surface area (Å²) >= 11 is 5.30. The van der Waals surface area contributed by atoms with E-state index in [1.807, 2.05) is 35.2 Å². The van der Waals surface area contributed by atoms with E-state index in [2.05, 4.69) is 34.9 Å². The molecule has 2 aromatic rings. The van der Waals surface area contributed by atoms with E-state index in [1.54, 1.807) is 0 Å². The number of hydrogen-bond donors (Lipinski definition) is 2. The third kappa shape index (κ3) is 4.55. The third-order valence-corrected chi connectivity index (χ3v) is 4.30. The lowest BCUT2D eigenvalue weighted by atomic mass is 10.1. The van der Waals surface area contributed by atoms with Crippen LogP contribution in [0.2, 0.25) is 0 Å². The monoisotopic (exact) mass is 339 g/mol. The Morgan fingerprint density at radius 3 is 2.42 bits per heavy atom. The zero-order valence-electron chi connectivity index (χ0n) is 13.5. The van der Waals surface area contributed by atoms with E-state index in [4.69, 9.17) is 12.2 Å². The van der Waals surface area contributed by atoms with Crippen molar-refractivity contribution in [2.75, 3.05) is 11.9 Å². The van der Waals surface area contributed by atoms with Crippen LogP contribution in [-0.4, -0.2) is 22.5 Å². The molecule has 3 rings (SSSR count). The highest BCUT2D eigenvalue weighted by atomic mass is 32.1. The van der Waals surface area contributed by atoms with Gasteiger partial charge in [-0.25, -0.2) is 0 Å². The molecule has 1 amide bonds. The molecular formula is C19H21N3OS. The first kappa shape index (κ1) is 16.5. The average molecular weight is 339 g/mol. The highest BCUT2D eigenvalue weighted by Gasteiger charge is 2.19. The maximum absolute atomic E-state index is 11.7. The van der Waals surface area contributed by atoms with E-state index in [0.717, 1.165) is 24.2 Å². The zero-order valence-corrected chi connectivity index (χ0v) is 14.3. The lowest BCUT2D eigenvalue weighted by Gasteiger charge is -2.16. The number of amides is 1. The molecule has 0 unspecified atom stereocenters. The van der Waals surface area contributed by atoms with Crippen molar-refractivity contribution >= 4 is 28.9 Å². The second-order valence-electron chi connectivity index (χ2n) is 5.91. The Labute approximate surface area is 147 Å². The maximum Gasteiger partial charge on any atom is 0.222 e. The van der Waals surface area contributed by atoms with Crippen LogP contribution in [0.5, 0.6) is 0 Å². The van der Waals surface area contributed by atoms with Gasteiger partial charge in [0.2, 0.25) is 5.91 Å². The second kappa shape index (κ2) is 7.93. The predicted molar refractivity (Wildman–Crippen MR) is 101 cm³/mol. The standard InChI is InChI=1S/C19H21N3OS/c23-18-7-4-12-22(18)14-16-10-8-15(9-11-16)13-20-19(24)21-17-5-2-1-3-6-17/h1-3,5-6,8-11H,4,7,12-14H2,(H2,20,21,24). The molecule has 124 valence electrons. The van der Waals surface area contributed by atoms with Gasteiger partial charge in [-0.1, -0.05) is 42.5 Å². The number of nitrogens with one attached hydrogen (secondary N) is 2. The molecular weight excluding hydrogens is 318 g/mol. The van der Waals surface area contributed by atoms with Gasteiger partial charge in [0.25, 0.3) is 0 Å². The fraction of sp³-hybridized carbons (Fsp3) is 0.263. The highest BCUT2D eigenvalue weighted by molar-refractivity contribution is 7.80. The summed E-state index contributed by atoms with van der Waals surface area (Å²) in [6, 6.07) is 18.2. The number of carbonyl (C=O) groups excluding carboxylic acids is 1. The first-order valence-electron chi connectivity index (χ1n) is 8.16. The van der Waals surface area contributed by atoms with Crippen LogP contribution in [0.15, 0.2) is 54.6 Å². The average Bonchev–Trinajstić information content (AvgIpc) is 3.00. The summed E-state index contributed by atoms with van der Waals surface area (Å²) in [4.78, 5) is 13.6. The number of likely N-dealkylation sites (tertiary alicyclic amines) is 1. The summed E-state index contributed by atoms with van der Waals surface area (Å²) in [5.74, 6) is 0.262. The van der Waals surface area contributed by atoms with Crippen LogP contribution in [0.25, 0.3) is 0 Å². The minimum atomic E-state index is 0.262. The molecule has 1 aliphatic rings. The Balaban J connectivity index is 1.47. The van der Waals surface area contributed by atoms with Gasteiger partial charge >= 0.3 is 0 Å². The van der Waals surface area contributed by atoms with Gasteiger partial charge in [-0.2, -0.15) is 0 Å². The van der Waals surface area contributed by atoms with E-state index in [1.165, 1.54) is 5.56 Å². The zero-order chi connectivity index (χ0) is 16.8. The van der Waals surface area contributed by atoms with Gasteiger partial charge in [-0.3, -0.25) is 4.79 Å². The first-order chi connectivity index (χ1) is 11.7. The lowest BCUT2D eigenvalue weighted by molar-refractivity contribution is -0.128. The van der Waals surface area contributed by atoms with E-state index >= 15 is 0 Å². The fourth-order valence-corrected chi connectivity index (χ4v) is 2.92. The lowest BCUT2D eigenvalue weighted by Crippen LogP contribution is -2.27. The van der Waals surface area contributed by atoms with Crippen molar-refractivity contribution in [2.45, 2.75) is 25.9 Å². The number of para-hydroxylation sites is 1. The van der Waals surface area contributed by atoms with Crippen LogP contribution in [0.1, 0.15) is 24.0 Å². The summed E-state index contributed by atoms with van der Waals surface area (Å²) in [6.07, 6.45) is 1.67. The van der Waals surface area contributed by atoms with Crippen LogP contribution in [-0.2, 0) is 17.9 Å². The second-order valence-corrected chi connectivity index (χ2v) is 6.32. The summed E-state index contributed by atoms with van der Waals surface area (Å²) in [5, 5.41) is 6.96. The van der Waals surface area contributed by atoms with Gasteiger partial charge in [0.1, 0.15) is 0 Å². The van der Waals surface area contributed by atoms with Gasteiger partial charge in [-0.15, -0.1) is 0 Å². The maximum atomic E-state index is 11.7. The summed E-state index contributed by atoms with van der Waals surface area (Å²) in [7, 11) is 0. The van der Waals surface area contributed by atoms with Gasteiger partial charge in [-0.05, 0) is 41.9 Å². The molecule has 0 saturated carbocycles. The number of anilines is 1. The Morgan fingerprint density at radius 1 is 1.04 bits per heavy atom. The molecule has 0 bridgehead atoms. The van der Waals surface area contributed by atoms with E-state index in [9.17, 15) is 4.79 Å². The van der Waals surface area contributed by atoms with Crippen LogP contribution in [0.3, 0.4) is 0 Å². The predicted octanol–water partition coefficient (Wildman–Crippen LogP) is 3.30. The molecule has 4 nitrogen and oxygen atoms in total. The van der Waals surface area contributed by atoms with Crippen molar-refractivity contribution in [1.82, 2.24) is 10.2 Å². The Kier molecular flexibility index (Phi) is 5.43. The molecule has 2 N–H and O–H groups in total. The molecule has 0 radical (unpaired) electrons. The van der Waals surface area contributed by atoms with Crippen LogP contribution >= 0.6 is 12.2 Å². The number of nitrogens with zero attached hydrogens (tertiary/aromatic N) is 1. The fourth-order valence-electron chi connectivity index (χ4n) is 2.73. The van der Waals surface area contributed by atoms with Crippen molar-refractivity contribution in [3.63, 3.8) is 0 Å². The molecule has 1 aliphatic heterocycles. The smallest absolute Gasteiger partial charge is 0.222 e. The normalized spacial score (nSPS) is 13.8. The van der Waals surface area contributed by atoms with E-state index < -0.39 is 0 Å². The molecule has 2 aromatic carbocycles. The van der Waals surface area contributed by atoms with Gasteiger partial charge < -0.3 is 15.5 Å². The molecule has 0 aliphatic carbocycles. The summed E-state index contributed by atoms with van der Waals surface area (Å²) < 4.78 is 0. The highest BCUT2D eigenvalue weighted by Crippen LogP contribution is 2.14. The molecule has 24 heavy (non-hydrogen) atoms. The van der Waals surface area contributed by atoms with Crippen LogP contribution in [0, 0.1) is 0 Å². The van der Waals surface area contributed by atoms with Crippen LogP contribution < -0.4 is 10.6 Å². The van der Waals surface area contributed by atoms with Crippen molar-refractivity contribution in [1.29, 1.82) is 0 Å². The molecule has 5 heteroatoms. The Bertz CT molecular complexity index is 700. The minimum Gasteiger partial charge on any atom is -0.358 e. The molecule has 1 saturated heterocycles. The van der Waals surface area contributed by atoms with Crippen molar-refractivity contribution < 1.29 is 4.79 Å². The third-order valence-electron chi connectivity index (χ3n) is 4.05. The topological polar surface area (TPSA) is 44.4 Å². The molecule has 0 atom stereocenters. The van der Waals surface area contributed by atoms with Gasteiger partial charge in [0.15, 0.2) is 5.11 Å². The summed E-state index contributed by atoms with van der Waals surface area (Å²) in [5.41, 5.74) is 3.29. The van der Waals surface area contributed by atoms with Gasteiger partial charge in [0, 0.05) is 31.7 Å². The quantitative estimate of drug-likeness (QED) is 0.821. The molecule has 1 heterocycles. The van der Waals surface area contributed by atoms with E-state index in [0.29, 0.717) is 24.6 Å². The minimum absolute atomic E-state index is 0.262. The van der Waals surface area contributed by atoms with E-state index in [-0.39, 0.29) is 5.91 Å². The number of thiocarbonyl (C=S) groups is 1. The van der Waals surface area contributed by atoms with Gasteiger partial charge in [0.05, 0.1) is 0 Å². The SMILES string of the molecule is O=C1CCCN1Cc1ccc(CNC(=S)Nc2ccccc2)cc1. The van der Waals surface area contributed by atoms with Crippen molar-refractivity contribution in [3.8, 4) is 0 Å². The largest absolute Gasteiger partial charge is 0.358 e. The molecule has 0 aromatic heterocycles. The number of benzene rings is 2. The number of carbonyl (C=O) groups is 1. The Morgan fingerprint density at radius 2 is 1.75 bits per heavy atom. The van der Waals surface area contributed by atoms with Crippen molar-refractivity contribution in [3.05, 3.63) is 65.7 Å².